The zero-order valence-electron chi connectivity index (χ0n) is 31.6. The summed E-state index contributed by atoms with van der Waals surface area (Å²) in [6, 6.07) is -0.527. The molecule has 0 spiro atoms. The van der Waals surface area contributed by atoms with E-state index in [2.05, 4.69) is 19.2 Å². The molecule has 0 aliphatic rings. The van der Waals surface area contributed by atoms with Crippen molar-refractivity contribution in [2.45, 2.75) is 257 Å². The summed E-state index contributed by atoms with van der Waals surface area (Å²) in [4.78, 5) is 12.3. The minimum atomic E-state index is -0.651. The highest BCUT2D eigenvalue weighted by molar-refractivity contribution is 5.76. The Kier molecular flexibility index (Phi) is 38.3. The maximum atomic E-state index is 12.3. The fraction of sp³-hybridized carbons (Fsp3) is 0.976. The second kappa shape index (κ2) is 38.8. The Bertz CT molecular complexity index is 583. The Morgan fingerprint density at radius 1 is 0.435 bits per heavy atom. The topological polar surface area (TPSA) is 69.6 Å². The first-order valence-electron chi connectivity index (χ1n) is 21.2. The van der Waals surface area contributed by atoms with Crippen molar-refractivity contribution in [3.63, 3.8) is 0 Å². The van der Waals surface area contributed by atoms with Gasteiger partial charge in [-0.1, -0.05) is 226 Å². The van der Waals surface area contributed by atoms with E-state index in [0.717, 1.165) is 25.7 Å². The Morgan fingerprint density at radius 2 is 0.696 bits per heavy atom. The smallest absolute Gasteiger partial charge is 0.220 e. The molecule has 276 valence electrons. The predicted molar refractivity (Wildman–Crippen MR) is 203 cm³/mol. The fourth-order valence-electron chi connectivity index (χ4n) is 6.83. The van der Waals surface area contributed by atoms with Crippen LogP contribution in [-0.4, -0.2) is 34.9 Å². The summed E-state index contributed by atoms with van der Waals surface area (Å²) in [6.45, 7) is 4.36. The van der Waals surface area contributed by atoms with Crippen molar-refractivity contribution in [1.29, 1.82) is 0 Å². The van der Waals surface area contributed by atoms with Crippen LogP contribution in [0.3, 0.4) is 0 Å². The van der Waals surface area contributed by atoms with Gasteiger partial charge in [-0.05, 0) is 12.8 Å². The van der Waals surface area contributed by atoms with Gasteiger partial charge in [0, 0.05) is 6.42 Å². The van der Waals surface area contributed by atoms with E-state index in [0.29, 0.717) is 12.8 Å². The highest BCUT2D eigenvalue weighted by Gasteiger charge is 2.20. The van der Waals surface area contributed by atoms with Gasteiger partial charge in [0.25, 0.3) is 0 Å². The van der Waals surface area contributed by atoms with Crippen molar-refractivity contribution in [3.05, 3.63) is 0 Å². The number of carbonyl (C=O) groups excluding carboxylic acids is 1. The molecule has 0 saturated carbocycles. The number of hydrogen-bond donors (Lipinski definition) is 3. The van der Waals surface area contributed by atoms with Crippen molar-refractivity contribution in [2.24, 2.45) is 0 Å². The van der Waals surface area contributed by atoms with Crippen LogP contribution in [0.15, 0.2) is 0 Å². The lowest BCUT2D eigenvalue weighted by atomic mass is 10.0. The van der Waals surface area contributed by atoms with Crippen LogP contribution in [-0.2, 0) is 4.79 Å². The van der Waals surface area contributed by atoms with Gasteiger partial charge in [0.05, 0.1) is 18.8 Å². The number of aliphatic hydroxyl groups is 2. The highest BCUT2D eigenvalue weighted by atomic mass is 16.3. The van der Waals surface area contributed by atoms with Crippen molar-refractivity contribution < 1.29 is 15.0 Å². The normalized spacial score (nSPS) is 12.9. The lowest BCUT2D eigenvalue weighted by Crippen LogP contribution is -2.45. The van der Waals surface area contributed by atoms with E-state index in [4.69, 9.17) is 0 Å². The number of hydrogen-bond acceptors (Lipinski definition) is 3. The van der Waals surface area contributed by atoms with Crippen LogP contribution in [0.2, 0.25) is 0 Å². The molecule has 0 heterocycles. The molecule has 3 N–H and O–H groups in total. The van der Waals surface area contributed by atoms with Gasteiger partial charge < -0.3 is 15.5 Å². The molecule has 2 atom stereocenters. The zero-order chi connectivity index (χ0) is 33.6. The summed E-state index contributed by atoms with van der Waals surface area (Å²) in [5.74, 6) is -0.0278. The summed E-state index contributed by atoms with van der Waals surface area (Å²) >= 11 is 0. The van der Waals surface area contributed by atoms with Crippen LogP contribution in [0.5, 0.6) is 0 Å². The van der Waals surface area contributed by atoms with E-state index in [-0.39, 0.29) is 12.5 Å². The summed E-state index contributed by atoms with van der Waals surface area (Å²) in [7, 11) is 0. The molecule has 0 bridgehead atoms. The average Bonchev–Trinajstić information content (AvgIpc) is 3.06. The van der Waals surface area contributed by atoms with E-state index >= 15 is 0 Å². The molecule has 0 aliphatic carbocycles. The van der Waals surface area contributed by atoms with Gasteiger partial charge in [0.2, 0.25) is 5.91 Å². The van der Waals surface area contributed by atoms with Crippen LogP contribution in [0.1, 0.15) is 245 Å². The average molecular weight is 652 g/mol. The standard InChI is InChI=1S/C42H85NO3/c1-3-5-7-9-11-13-15-16-17-18-19-20-21-22-23-24-25-26-27-28-30-32-34-36-38-42(46)43-40(39-44)41(45)37-35-33-31-29-14-12-10-8-6-4-2/h40-41,44-45H,3-39H2,1-2H3,(H,43,46)/t40-,41+/m0/s1. The van der Waals surface area contributed by atoms with E-state index in [9.17, 15) is 15.0 Å². The lowest BCUT2D eigenvalue weighted by molar-refractivity contribution is -0.123. The SMILES string of the molecule is CCCCCCCCCCCCCCCCCCCCCCCCCCC(=O)N[C@@H](CO)[C@H](O)CCCCCCCCCCCC. The molecule has 0 fully saturated rings. The van der Waals surface area contributed by atoms with Crippen molar-refractivity contribution in [1.82, 2.24) is 5.32 Å². The largest absolute Gasteiger partial charge is 0.394 e. The van der Waals surface area contributed by atoms with Gasteiger partial charge >= 0.3 is 0 Å². The molecule has 0 aromatic carbocycles. The van der Waals surface area contributed by atoms with Crippen molar-refractivity contribution in [2.75, 3.05) is 6.61 Å². The summed E-state index contributed by atoms with van der Waals surface area (Å²) < 4.78 is 0. The minimum absolute atomic E-state index is 0.0278. The molecule has 46 heavy (non-hydrogen) atoms. The molecule has 4 nitrogen and oxygen atoms in total. The summed E-state index contributed by atoms with van der Waals surface area (Å²) in [5, 5.41) is 23.0. The maximum absolute atomic E-state index is 12.3. The number of nitrogens with one attached hydrogen (secondary N) is 1. The van der Waals surface area contributed by atoms with Gasteiger partial charge in [-0.3, -0.25) is 4.79 Å². The predicted octanol–water partition coefficient (Wildman–Crippen LogP) is 12.9. The van der Waals surface area contributed by atoms with Crippen molar-refractivity contribution in [3.8, 4) is 0 Å². The maximum Gasteiger partial charge on any atom is 0.220 e. The van der Waals surface area contributed by atoms with Crippen LogP contribution in [0.25, 0.3) is 0 Å². The number of carbonyl (C=O) groups is 1. The molecule has 1 amide bonds. The molecular weight excluding hydrogens is 566 g/mol. The number of unbranched alkanes of at least 4 members (excludes halogenated alkanes) is 32. The molecule has 4 heteroatoms. The molecule has 0 aliphatic heterocycles. The Morgan fingerprint density at radius 3 is 0.978 bits per heavy atom. The molecular formula is C42H85NO3. The third-order valence-electron chi connectivity index (χ3n) is 10.1. The molecule has 0 rings (SSSR count). The first-order valence-corrected chi connectivity index (χ1v) is 21.2. The molecule has 0 unspecified atom stereocenters. The first kappa shape index (κ1) is 45.4. The first-order chi connectivity index (χ1) is 22.7. The van der Waals surface area contributed by atoms with Gasteiger partial charge in [0.15, 0.2) is 0 Å². The van der Waals surface area contributed by atoms with E-state index in [1.165, 1.54) is 193 Å². The van der Waals surface area contributed by atoms with Crippen LogP contribution >= 0.6 is 0 Å². The van der Waals surface area contributed by atoms with Gasteiger partial charge in [0.1, 0.15) is 0 Å². The van der Waals surface area contributed by atoms with Gasteiger partial charge in [-0.2, -0.15) is 0 Å². The summed E-state index contributed by atoms with van der Waals surface area (Å²) in [6.07, 6.45) is 46.1. The number of amides is 1. The molecule has 0 saturated heterocycles. The second-order valence-electron chi connectivity index (χ2n) is 14.8. The quantitative estimate of drug-likeness (QED) is 0.0579. The number of rotatable bonds is 39. The number of aliphatic hydroxyl groups excluding tert-OH is 2. The van der Waals surface area contributed by atoms with Crippen LogP contribution < -0.4 is 5.32 Å². The highest BCUT2D eigenvalue weighted by Crippen LogP contribution is 2.17. The van der Waals surface area contributed by atoms with Crippen LogP contribution in [0, 0.1) is 0 Å². The molecule has 0 radical (unpaired) electrons. The Hall–Kier alpha value is -0.610. The van der Waals surface area contributed by atoms with Crippen LogP contribution in [0.4, 0.5) is 0 Å². The fourth-order valence-corrected chi connectivity index (χ4v) is 6.83. The Balaban J connectivity index is 3.41. The zero-order valence-corrected chi connectivity index (χ0v) is 31.6. The van der Waals surface area contributed by atoms with Gasteiger partial charge in [-0.15, -0.1) is 0 Å². The van der Waals surface area contributed by atoms with E-state index in [1.54, 1.807) is 0 Å². The Labute approximate surface area is 289 Å². The lowest BCUT2D eigenvalue weighted by Gasteiger charge is -2.22. The summed E-state index contributed by atoms with van der Waals surface area (Å²) in [5.41, 5.74) is 0. The molecule has 0 aromatic rings. The van der Waals surface area contributed by atoms with E-state index in [1.807, 2.05) is 0 Å². The second-order valence-corrected chi connectivity index (χ2v) is 14.8. The van der Waals surface area contributed by atoms with Gasteiger partial charge in [-0.25, -0.2) is 0 Å². The third-order valence-corrected chi connectivity index (χ3v) is 10.1. The molecule has 0 aromatic heterocycles. The monoisotopic (exact) mass is 652 g/mol. The third kappa shape index (κ3) is 34.7. The van der Waals surface area contributed by atoms with E-state index < -0.39 is 12.1 Å². The van der Waals surface area contributed by atoms with Crippen molar-refractivity contribution >= 4 is 5.91 Å². The minimum Gasteiger partial charge on any atom is -0.394 e.